The summed E-state index contributed by atoms with van der Waals surface area (Å²) in [4.78, 5) is 0. The van der Waals surface area contributed by atoms with Crippen molar-refractivity contribution in [2.45, 2.75) is 17.3 Å². The third-order valence-electron chi connectivity index (χ3n) is 3.38. The molecule has 0 unspecified atom stereocenters. The molecule has 0 fully saturated rings. The second-order valence-electron chi connectivity index (χ2n) is 4.77. The maximum Gasteiger partial charge on any atom is 0.252 e. The van der Waals surface area contributed by atoms with Crippen LogP contribution < -0.4 is 10.5 Å². The summed E-state index contributed by atoms with van der Waals surface area (Å²) in [5.41, 5.74) is 7.27. The molecular formula is C14H16N2O3S2. The van der Waals surface area contributed by atoms with E-state index in [4.69, 9.17) is 10.5 Å². The maximum absolute atomic E-state index is 12.7. The Morgan fingerprint density at radius 1 is 1.33 bits per heavy atom. The predicted molar refractivity (Wildman–Crippen MR) is 81.7 cm³/mol. The molecule has 0 saturated carbocycles. The molecule has 2 heterocycles. The minimum Gasteiger partial charge on any atom is -0.492 e. The van der Waals surface area contributed by atoms with Crippen LogP contribution in [-0.2, 0) is 23.1 Å². The monoisotopic (exact) mass is 324 g/mol. The minimum absolute atomic E-state index is 0.328. The van der Waals surface area contributed by atoms with Crippen LogP contribution in [0.3, 0.4) is 0 Å². The highest BCUT2D eigenvalue weighted by atomic mass is 32.2. The second kappa shape index (κ2) is 5.76. The van der Waals surface area contributed by atoms with E-state index in [1.165, 1.54) is 15.6 Å². The summed E-state index contributed by atoms with van der Waals surface area (Å²) in [6, 6.07) is 9.18. The van der Waals surface area contributed by atoms with E-state index in [2.05, 4.69) is 0 Å². The molecule has 0 radical (unpaired) electrons. The fraction of sp³-hybridized carbons (Fsp3) is 0.286. The van der Waals surface area contributed by atoms with Crippen molar-refractivity contribution >= 4 is 21.4 Å². The third-order valence-corrected chi connectivity index (χ3v) is 6.69. The van der Waals surface area contributed by atoms with Gasteiger partial charge in [0.25, 0.3) is 10.0 Å². The molecule has 1 aromatic carbocycles. The van der Waals surface area contributed by atoms with Gasteiger partial charge in [0.15, 0.2) is 0 Å². The van der Waals surface area contributed by atoms with Gasteiger partial charge >= 0.3 is 0 Å². The molecule has 2 aromatic rings. The van der Waals surface area contributed by atoms with Gasteiger partial charge in [-0.2, -0.15) is 4.31 Å². The molecule has 112 valence electrons. The van der Waals surface area contributed by atoms with Gasteiger partial charge in [-0.15, -0.1) is 11.3 Å². The van der Waals surface area contributed by atoms with Crippen molar-refractivity contribution in [1.29, 1.82) is 0 Å². The summed E-state index contributed by atoms with van der Waals surface area (Å²) in [6.45, 7) is 1.37. The van der Waals surface area contributed by atoms with E-state index >= 15 is 0 Å². The minimum atomic E-state index is -3.50. The van der Waals surface area contributed by atoms with Crippen molar-refractivity contribution < 1.29 is 13.2 Å². The van der Waals surface area contributed by atoms with Crippen LogP contribution in [0.5, 0.6) is 5.75 Å². The molecule has 3 rings (SSSR count). The van der Waals surface area contributed by atoms with E-state index in [0.717, 1.165) is 16.9 Å². The average Bonchev–Trinajstić information content (AvgIpc) is 2.87. The van der Waals surface area contributed by atoms with Crippen molar-refractivity contribution in [3.63, 3.8) is 0 Å². The Bertz CT molecular complexity index is 740. The lowest BCUT2D eigenvalue weighted by molar-refractivity contribution is 0.293. The van der Waals surface area contributed by atoms with Crippen molar-refractivity contribution in [1.82, 2.24) is 4.31 Å². The summed E-state index contributed by atoms with van der Waals surface area (Å²) in [5.74, 6) is 0.754. The molecule has 0 atom stereocenters. The zero-order chi connectivity index (χ0) is 14.9. The van der Waals surface area contributed by atoms with E-state index in [9.17, 15) is 8.42 Å². The summed E-state index contributed by atoms with van der Waals surface area (Å²) < 4.78 is 32.9. The van der Waals surface area contributed by atoms with Gasteiger partial charge in [0.05, 0.1) is 0 Å². The lowest BCUT2D eigenvalue weighted by Crippen LogP contribution is -2.32. The first kappa shape index (κ1) is 14.5. The molecule has 21 heavy (non-hydrogen) atoms. The number of nitrogens with zero attached hydrogens (tertiary/aromatic N) is 1. The molecule has 1 aromatic heterocycles. The molecule has 1 aliphatic rings. The van der Waals surface area contributed by atoms with Gasteiger partial charge in [0, 0.05) is 25.2 Å². The topological polar surface area (TPSA) is 72.6 Å². The number of rotatable bonds is 3. The van der Waals surface area contributed by atoms with Gasteiger partial charge in [-0.05, 0) is 23.1 Å². The standard InChI is InChI=1S/C14H16N2O3S2/c15-8-11-7-14(20-10-11)21(17,18)16-5-6-19-13-4-2-1-3-12(13)9-16/h1-4,7,10H,5-6,8-9,15H2. The number of ether oxygens (including phenoxy) is 1. The molecule has 7 heteroatoms. The Morgan fingerprint density at radius 3 is 2.90 bits per heavy atom. The summed E-state index contributed by atoms with van der Waals surface area (Å²) in [6.07, 6.45) is 0. The van der Waals surface area contributed by atoms with Crippen LogP contribution in [0.2, 0.25) is 0 Å². The highest BCUT2D eigenvalue weighted by Gasteiger charge is 2.28. The maximum atomic E-state index is 12.7. The van der Waals surface area contributed by atoms with Gasteiger partial charge in [-0.1, -0.05) is 18.2 Å². The van der Waals surface area contributed by atoms with Gasteiger partial charge in [0.1, 0.15) is 16.6 Å². The van der Waals surface area contributed by atoms with Gasteiger partial charge in [-0.25, -0.2) is 8.42 Å². The number of para-hydroxylation sites is 1. The van der Waals surface area contributed by atoms with E-state index in [1.54, 1.807) is 11.4 Å². The van der Waals surface area contributed by atoms with Crippen molar-refractivity contribution in [2.75, 3.05) is 13.2 Å². The lowest BCUT2D eigenvalue weighted by atomic mass is 10.2. The number of sulfonamides is 1. The lowest BCUT2D eigenvalue weighted by Gasteiger charge is -2.18. The van der Waals surface area contributed by atoms with Crippen LogP contribution in [0.4, 0.5) is 0 Å². The highest BCUT2D eigenvalue weighted by Crippen LogP contribution is 2.29. The van der Waals surface area contributed by atoms with Gasteiger partial charge < -0.3 is 10.5 Å². The Kier molecular flexibility index (Phi) is 3.99. The van der Waals surface area contributed by atoms with Crippen LogP contribution in [0.25, 0.3) is 0 Å². The molecule has 1 aliphatic heterocycles. The van der Waals surface area contributed by atoms with Crippen LogP contribution in [0, 0.1) is 0 Å². The molecule has 2 N–H and O–H groups in total. The van der Waals surface area contributed by atoms with Crippen molar-refractivity contribution in [3.05, 3.63) is 46.8 Å². The zero-order valence-corrected chi connectivity index (χ0v) is 13.0. The largest absolute Gasteiger partial charge is 0.492 e. The number of thiophene rings is 1. The Morgan fingerprint density at radius 2 is 2.14 bits per heavy atom. The van der Waals surface area contributed by atoms with Gasteiger partial charge in [0.2, 0.25) is 0 Å². The highest BCUT2D eigenvalue weighted by molar-refractivity contribution is 7.91. The molecule has 0 aliphatic carbocycles. The summed E-state index contributed by atoms with van der Waals surface area (Å²) >= 11 is 1.21. The number of hydrogen-bond donors (Lipinski definition) is 1. The number of nitrogens with two attached hydrogens (primary N) is 1. The van der Waals surface area contributed by atoms with E-state index in [1.807, 2.05) is 24.3 Å². The molecule has 0 spiro atoms. The quantitative estimate of drug-likeness (QED) is 0.934. The second-order valence-corrected chi connectivity index (χ2v) is 7.85. The van der Waals surface area contributed by atoms with E-state index in [-0.39, 0.29) is 0 Å². The first-order chi connectivity index (χ1) is 10.1. The van der Waals surface area contributed by atoms with Crippen LogP contribution in [0.15, 0.2) is 39.9 Å². The molecule has 0 bridgehead atoms. The first-order valence-corrected chi connectivity index (χ1v) is 8.91. The van der Waals surface area contributed by atoms with Crippen molar-refractivity contribution in [2.24, 2.45) is 5.73 Å². The Balaban J connectivity index is 1.92. The zero-order valence-electron chi connectivity index (χ0n) is 11.4. The fourth-order valence-corrected chi connectivity index (χ4v) is 5.01. The summed E-state index contributed by atoms with van der Waals surface area (Å²) in [5, 5.41) is 1.79. The predicted octanol–water partition coefficient (Wildman–Crippen LogP) is 1.79. The SMILES string of the molecule is NCc1csc(S(=O)(=O)N2CCOc3ccccc3C2)c1. The van der Waals surface area contributed by atoms with Crippen molar-refractivity contribution in [3.8, 4) is 5.75 Å². The average molecular weight is 324 g/mol. The number of hydrogen-bond acceptors (Lipinski definition) is 5. The summed E-state index contributed by atoms with van der Waals surface area (Å²) in [7, 11) is -3.50. The molecule has 5 nitrogen and oxygen atoms in total. The first-order valence-electron chi connectivity index (χ1n) is 6.59. The van der Waals surface area contributed by atoms with Crippen LogP contribution in [0.1, 0.15) is 11.1 Å². The fourth-order valence-electron chi connectivity index (χ4n) is 2.23. The third kappa shape index (κ3) is 2.82. The Labute approximate surface area is 128 Å². The number of fused-ring (bicyclic) bond motifs is 1. The molecular weight excluding hydrogens is 308 g/mol. The Hall–Kier alpha value is -1.41. The normalized spacial score (nSPS) is 16.0. The van der Waals surface area contributed by atoms with Crippen LogP contribution in [-0.4, -0.2) is 25.9 Å². The van der Waals surface area contributed by atoms with E-state index in [0.29, 0.717) is 30.5 Å². The smallest absolute Gasteiger partial charge is 0.252 e. The molecule has 0 saturated heterocycles. The van der Waals surface area contributed by atoms with E-state index < -0.39 is 10.0 Å². The number of benzene rings is 1. The van der Waals surface area contributed by atoms with Gasteiger partial charge in [-0.3, -0.25) is 0 Å². The molecule has 0 amide bonds. The van der Waals surface area contributed by atoms with Crippen LogP contribution >= 0.6 is 11.3 Å².